The summed E-state index contributed by atoms with van der Waals surface area (Å²) >= 11 is 0. The molecule has 4 rings (SSSR count). The molecule has 0 aliphatic heterocycles. The molecule has 1 aromatic rings. The molecular formula is C19H28N2. The lowest BCUT2D eigenvalue weighted by Gasteiger charge is -2.53. The molecule has 1 aromatic carbocycles. The second-order valence-electron chi connectivity index (χ2n) is 8.29. The Morgan fingerprint density at radius 2 is 1.90 bits per heavy atom. The molecule has 0 spiro atoms. The number of hydrogen-bond acceptors (Lipinski definition) is 2. The fourth-order valence-electron chi connectivity index (χ4n) is 5.90. The van der Waals surface area contributed by atoms with Crippen molar-refractivity contribution in [3.05, 3.63) is 29.3 Å². The molecule has 114 valence electrons. The van der Waals surface area contributed by atoms with Crippen LogP contribution in [0.15, 0.2) is 18.2 Å². The maximum atomic E-state index is 6.69. The third kappa shape index (κ3) is 1.75. The molecule has 0 bridgehead atoms. The van der Waals surface area contributed by atoms with Crippen LogP contribution in [0.2, 0.25) is 0 Å². The van der Waals surface area contributed by atoms with Crippen molar-refractivity contribution in [1.29, 1.82) is 0 Å². The average molecular weight is 284 g/mol. The van der Waals surface area contributed by atoms with Gasteiger partial charge in [-0.1, -0.05) is 13.0 Å². The summed E-state index contributed by atoms with van der Waals surface area (Å²) < 4.78 is 0. The summed E-state index contributed by atoms with van der Waals surface area (Å²) in [5.74, 6) is 2.41. The van der Waals surface area contributed by atoms with Crippen molar-refractivity contribution in [2.45, 2.75) is 63.8 Å². The minimum atomic E-state index is 0.0318. The minimum Gasteiger partial charge on any atom is -0.399 e. The molecule has 0 aromatic heterocycles. The number of anilines is 1. The lowest BCUT2D eigenvalue weighted by Crippen LogP contribution is -2.54. The molecule has 21 heavy (non-hydrogen) atoms. The first-order chi connectivity index (χ1) is 9.92. The first kappa shape index (κ1) is 13.6. The van der Waals surface area contributed by atoms with Crippen molar-refractivity contribution in [3.63, 3.8) is 0 Å². The van der Waals surface area contributed by atoms with E-state index in [9.17, 15) is 0 Å². The van der Waals surface area contributed by atoms with Gasteiger partial charge < -0.3 is 11.5 Å². The van der Waals surface area contributed by atoms with Crippen LogP contribution in [0.3, 0.4) is 0 Å². The second kappa shape index (κ2) is 4.25. The lowest BCUT2D eigenvalue weighted by atomic mass is 9.53. The predicted octanol–water partition coefficient (Wildman–Crippen LogP) is 3.84. The molecule has 0 amide bonds. The molecule has 5 unspecified atom stereocenters. The van der Waals surface area contributed by atoms with E-state index in [0.29, 0.717) is 5.41 Å². The van der Waals surface area contributed by atoms with Crippen LogP contribution < -0.4 is 11.5 Å². The van der Waals surface area contributed by atoms with Crippen LogP contribution in [-0.2, 0) is 6.42 Å². The maximum Gasteiger partial charge on any atom is 0.0316 e. The third-order valence-electron chi connectivity index (χ3n) is 7.42. The number of fused-ring (bicyclic) bond motifs is 5. The Balaban J connectivity index is 1.72. The largest absolute Gasteiger partial charge is 0.399 e. The van der Waals surface area contributed by atoms with Crippen LogP contribution in [0.25, 0.3) is 0 Å². The number of benzene rings is 1. The molecule has 0 heterocycles. The highest BCUT2D eigenvalue weighted by Crippen LogP contribution is 2.63. The lowest BCUT2D eigenvalue weighted by molar-refractivity contribution is 0.0211. The molecule has 2 nitrogen and oxygen atoms in total. The van der Waals surface area contributed by atoms with Crippen LogP contribution >= 0.6 is 0 Å². The molecule has 0 radical (unpaired) electrons. The van der Waals surface area contributed by atoms with E-state index >= 15 is 0 Å². The van der Waals surface area contributed by atoms with Gasteiger partial charge in [0.25, 0.3) is 0 Å². The highest BCUT2D eigenvalue weighted by Gasteiger charge is 2.58. The SMILES string of the molecule is CC1(N)CCC2C3CCc4cc(N)ccc4C3CCC21C. The molecule has 5 atom stereocenters. The number of rotatable bonds is 0. The summed E-state index contributed by atoms with van der Waals surface area (Å²) in [5, 5.41) is 0. The molecule has 0 saturated heterocycles. The average Bonchev–Trinajstić information content (AvgIpc) is 2.69. The Morgan fingerprint density at radius 1 is 1.10 bits per heavy atom. The first-order valence-electron chi connectivity index (χ1n) is 8.59. The van der Waals surface area contributed by atoms with E-state index in [1.54, 1.807) is 5.56 Å². The van der Waals surface area contributed by atoms with Gasteiger partial charge in [-0.05, 0) is 91.9 Å². The van der Waals surface area contributed by atoms with E-state index in [1.165, 1.54) is 44.1 Å². The van der Waals surface area contributed by atoms with Gasteiger partial charge in [0.15, 0.2) is 0 Å². The summed E-state index contributed by atoms with van der Waals surface area (Å²) in [5.41, 5.74) is 17.1. The van der Waals surface area contributed by atoms with Crippen molar-refractivity contribution in [2.24, 2.45) is 23.0 Å². The van der Waals surface area contributed by atoms with Crippen LogP contribution in [0.1, 0.15) is 63.0 Å². The number of aryl methyl sites for hydroxylation is 1. The number of hydrogen-bond donors (Lipinski definition) is 2. The van der Waals surface area contributed by atoms with E-state index in [0.717, 1.165) is 23.4 Å². The molecular weight excluding hydrogens is 256 g/mol. The zero-order chi connectivity index (χ0) is 14.8. The van der Waals surface area contributed by atoms with Gasteiger partial charge in [-0.25, -0.2) is 0 Å². The monoisotopic (exact) mass is 284 g/mol. The Hall–Kier alpha value is -1.02. The van der Waals surface area contributed by atoms with Crippen LogP contribution in [0, 0.1) is 17.3 Å². The van der Waals surface area contributed by atoms with Crippen molar-refractivity contribution in [1.82, 2.24) is 0 Å². The van der Waals surface area contributed by atoms with E-state index in [2.05, 4.69) is 32.0 Å². The van der Waals surface area contributed by atoms with Crippen molar-refractivity contribution < 1.29 is 0 Å². The standard InChI is InChI=1S/C19H28N2/c1-18-9-7-15-14-6-4-13(20)11-12(14)3-5-16(15)17(18)8-10-19(18,2)21/h4,6,11,15-17H,3,5,7-10,20-21H2,1-2H3. The smallest absolute Gasteiger partial charge is 0.0316 e. The highest BCUT2D eigenvalue weighted by molar-refractivity contribution is 5.47. The Bertz CT molecular complexity index is 577. The molecule has 4 N–H and O–H groups in total. The van der Waals surface area contributed by atoms with Gasteiger partial charge in [-0.15, -0.1) is 0 Å². The maximum absolute atomic E-state index is 6.69. The molecule has 3 aliphatic rings. The molecule has 2 fully saturated rings. The Labute approximate surface area is 128 Å². The van der Waals surface area contributed by atoms with Crippen molar-refractivity contribution >= 4 is 5.69 Å². The quantitative estimate of drug-likeness (QED) is 0.711. The zero-order valence-corrected chi connectivity index (χ0v) is 13.4. The van der Waals surface area contributed by atoms with Gasteiger partial charge in [-0.3, -0.25) is 0 Å². The predicted molar refractivity (Wildman–Crippen MR) is 88.1 cm³/mol. The molecule has 3 aliphatic carbocycles. The summed E-state index contributed by atoms with van der Waals surface area (Å²) in [6.45, 7) is 4.77. The van der Waals surface area contributed by atoms with E-state index in [1.807, 2.05) is 0 Å². The van der Waals surface area contributed by atoms with Gasteiger partial charge in [0.05, 0.1) is 0 Å². The molecule has 2 heteroatoms. The van der Waals surface area contributed by atoms with Crippen LogP contribution in [0.4, 0.5) is 5.69 Å². The second-order valence-corrected chi connectivity index (χ2v) is 8.29. The van der Waals surface area contributed by atoms with Crippen LogP contribution in [-0.4, -0.2) is 5.54 Å². The highest BCUT2D eigenvalue weighted by atomic mass is 14.8. The van der Waals surface area contributed by atoms with Gasteiger partial charge in [0, 0.05) is 11.2 Å². The Morgan fingerprint density at radius 3 is 2.71 bits per heavy atom. The van der Waals surface area contributed by atoms with Crippen molar-refractivity contribution in [3.8, 4) is 0 Å². The summed E-state index contributed by atoms with van der Waals surface area (Å²) in [4.78, 5) is 0. The summed E-state index contributed by atoms with van der Waals surface area (Å²) in [6, 6.07) is 6.61. The van der Waals surface area contributed by atoms with Gasteiger partial charge in [-0.2, -0.15) is 0 Å². The third-order valence-corrected chi connectivity index (χ3v) is 7.42. The zero-order valence-electron chi connectivity index (χ0n) is 13.4. The van der Waals surface area contributed by atoms with E-state index < -0.39 is 0 Å². The fourth-order valence-corrected chi connectivity index (χ4v) is 5.90. The van der Waals surface area contributed by atoms with Crippen molar-refractivity contribution in [2.75, 3.05) is 5.73 Å². The van der Waals surface area contributed by atoms with E-state index in [-0.39, 0.29) is 5.54 Å². The normalized spacial score (nSPS) is 44.8. The van der Waals surface area contributed by atoms with Gasteiger partial charge >= 0.3 is 0 Å². The first-order valence-corrected chi connectivity index (χ1v) is 8.59. The topological polar surface area (TPSA) is 52.0 Å². The van der Waals surface area contributed by atoms with Crippen LogP contribution in [0.5, 0.6) is 0 Å². The van der Waals surface area contributed by atoms with E-state index in [4.69, 9.17) is 11.5 Å². The molecule has 2 saturated carbocycles. The minimum absolute atomic E-state index is 0.0318. The fraction of sp³-hybridized carbons (Fsp3) is 0.684. The van der Waals surface area contributed by atoms with Gasteiger partial charge in [0.2, 0.25) is 0 Å². The number of nitrogens with two attached hydrogens (primary N) is 2. The summed E-state index contributed by atoms with van der Waals surface area (Å²) in [6.07, 6.45) is 7.66. The summed E-state index contributed by atoms with van der Waals surface area (Å²) in [7, 11) is 0. The Kier molecular flexibility index (Phi) is 2.76. The van der Waals surface area contributed by atoms with Gasteiger partial charge in [0.1, 0.15) is 0 Å². The number of nitrogen functional groups attached to an aromatic ring is 1.